The molecule has 0 spiro atoms. The van der Waals surface area contributed by atoms with Gasteiger partial charge in [0.2, 0.25) is 0 Å². The highest BCUT2D eigenvalue weighted by molar-refractivity contribution is 6.03. The smallest absolute Gasteiger partial charge is 0.276 e. The van der Waals surface area contributed by atoms with Gasteiger partial charge in [-0.15, -0.1) is 0 Å². The first-order valence-electron chi connectivity index (χ1n) is 6.41. The molecule has 3 rings (SSSR count). The monoisotopic (exact) mass is 297 g/mol. The number of hydrogen-bond acceptors (Lipinski definition) is 5. The van der Waals surface area contributed by atoms with Crippen LogP contribution in [0.15, 0.2) is 42.7 Å². The van der Waals surface area contributed by atoms with Crippen molar-refractivity contribution in [1.82, 2.24) is 14.6 Å². The molecule has 8 nitrogen and oxygen atoms in total. The Hall–Kier alpha value is -3.29. The summed E-state index contributed by atoms with van der Waals surface area (Å²) >= 11 is 0. The van der Waals surface area contributed by atoms with Crippen LogP contribution in [-0.2, 0) is 0 Å². The second-order valence-electron chi connectivity index (χ2n) is 4.66. The second kappa shape index (κ2) is 5.24. The number of rotatable bonds is 3. The molecule has 2 heterocycles. The zero-order valence-electron chi connectivity index (χ0n) is 11.6. The summed E-state index contributed by atoms with van der Waals surface area (Å²) in [5, 5.41) is 17.5. The lowest BCUT2D eigenvalue weighted by molar-refractivity contribution is -0.384. The molecular formula is C14H11N5O3. The van der Waals surface area contributed by atoms with Gasteiger partial charge in [-0.25, -0.2) is 9.50 Å². The number of fused-ring (bicyclic) bond motifs is 1. The van der Waals surface area contributed by atoms with Crippen molar-refractivity contribution in [3.05, 3.63) is 64.1 Å². The largest absolute Gasteiger partial charge is 0.320 e. The molecule has 0 bridgehead atoms. The highest BCUT2D eigenvalue weighted by Gasteiger charge is 2.14. The van der Waals surface area contributed by atoms with E-state index in [1.54, 1.807) is 31.5 Å². The Balaban J connectivity index is 1.86. The van der Waals surface area contributed by atoms with E-state index >= 15 is 0 Å². The van der Waals surface area contributed by atoms with Gasteiger partial charge in [-0.1, -0.05) is 0 Å². The maximum atomic E-state index is 12.2. The first-order chi connectivity index (χ1) is 10.5. The Morgan fingerprint density at radius 2 is 2.18 bits per heavy atom. The van der Waals surface area contributed by atoms with Crippen LogP contribution in [0.2, 0.25) is 0 Å². The molecule has 1 N–H and O–H groups in total. The van der Waals surface area contributed by atoms with Crippen molar-refractivity contribution in [3.63, 3.8) is 0 Å². The third-order valence-corrected chi connectivity index (χ3v) is 3.14. The Kier molecular flexibility index (Phi) is 3.26. The molecule has 0 atom stereocenters. The Bertz CT molecular complexity index is 854. The number of non-ortho nitro benzene ring substituents is 1. The van der Waals surface area contributed by atoms with E-state index in [0.717, 1.165) is 0 Å². The minimum absolute atomic E-state index is 0.0209. The topological polar surface area (TPSA) is 102 Å². The fraction of sp³-hybridized carbons (Fsp3) is 0.0714. The lowest BCUT2D eigenvalue weighted by Gasteiger charge is -2.06. The number of amides is 1. The molecule has 110 valence electrons. The first kappa shape index (κ1) is 13.7. The summed E-state index contributed by atoms with van der Waals surface area (Å²) in [6.45, 7) is 1.69. The Morgan fingerprint density at radius 1 is 1.36 bits per heavy atom. The summed E-state index contributed by atoms with van der Waals surface area (Å²) < 4.78 is 1.50. The molecule has 0 saturated heterocycles. The fourth-order valence-electron chi connectivity index (χ4n) is 2.03. The number of nitro benzene ring substituents is 1. The molecule has 0 aliphatic heterocycles. The van der Waals surface area contributed by atoms with Gasteiger partial charge in [-0.05, 0) is 24.6 Å². The van der Waals surface area contributed by atoms with Crippen molar-refractivity contribution < 1.29 is 9.72 Å². The van der Waals surface area contributed by atoms with E-state index < -0.39 is 10.8 Å². The third kappa shape index (κ3) is 2.49. The average molecular weight is 297 g/mol. The number of nitro groups is 1. The van der Waals surface area contributed by atoms with E-state index in [-0.39, 0.29) is 11.4 Å². The standard InChI is InChI=1S/C14H11N5O3/c1-9-7-10(19(21)22)3-4-11(9)16-14(20)12-8-13-15-5-2-6-18(13)17-12/h2-8H,1H3,(H,16,20). The first-order valence-corrected chi connectivity index (χ1v) is 6.41. The van der Waals surface area contributed by atoms with Gasteiger partial charge < -0.3 is 5.32 Å². The zero-order chi connectivity index (χ0) is 15.7. The van der Waals surface area contributed by atoms with Gasteiger partial charge in [-0.2, -0.15) is 5.10 Å². The number of anilines is 1. The maximum Gasteiger partial charge on any atom is 0.276 e. The van der Waals surface area contributed by atoms with Crippen LogP contribution in [0.4, 0.5) is 11.4 Å². The lowest BCUT2D eigenvalue weighted by atomic mass is 10.1. The van der Waals surface area contributed by atoms with Crippen LogP contribution in [0, 0.1) is 17.0 Å². The molecule has 3 aromatic rings. The van der Waals surface area contributed by atoms with Crippen molar-refractivity contribution in [2.24, 2.45) is 0 Å². The molecule has 0 aliphatic carbocycles. The third-order valence-electron chi connectivity index (χ3n) is 3.14. The number of carbonyl (C=O) groups is 1. The summed E-state index contributed by atoms with van der Waals surface area (Å²) in [7, 11) is 0. The predicted molar refractivity (Wildman–Crippen MR) is 78.8 cm³/mol. The number of hydrogen-bond donors (Lipinski definition) is 1. The molecule has 2 aromatic heterocycles. The normalized spacial score (nSPS) is 10.6. The van der Waals surface area contributed by atoms with Crippen LogP contribution >= 0.6 is 0 Å². The van der Waals surface area contributed by atoms with E-state index in [0.29, 0.717) is 16.9 Å². The number of nitrogens with one attached hydrogen (secondary N) is 1. The number of nitrogens with zero attached hydrogens (tertiary/aromatic N) is 4. The second-order valence-corrected chi connectivity index (χ2v) is 4.66. The van der Waals surface area contributed by atoms with Crippen LogP contribution < -0.4 is 5.32 Å². The highest BCUT2D eigenvalue weighted by atomic mass is 16.6. The molecule has 0 radical (unpaired) electrons. The van der Waals surface area contributed by atoms with Crippen molar-refractivity contribution in [2.75, 3.05) is 5.32 Å². The van der Waals surface area contributed by atoms with E-state index in [1.165, 1.54) is 22.7 Å². The van der Waals surface area contributed by atoms with Gasteiger partial charge >= 0.3 is 0 Å². The fourth-order valence-corrected chi connectivity index (χ4v) is 2.03. The molecule has 22 heavy (non-hydrogen) atoms. The number of aryl methyl sites for hydroxylation is 1. The summed E-state index contributed by atoms with van der Waals surface area (Å²) in [5.74, 6) is -0.401. The number of benzene rings is 1. The Labute approximate surface area is 124 Å². The summed E-state index contributed by atoms with van der Waals surface area (Å²) in [5.41, 5.74) is 1.86. The minimum Gasteiger partial charge on any atom is -0.320 e. The molecular weight excluding hydrogens is 286 g/mol. The predicted octanol–water partition coefficient (Wildman–Crippen LogP) is 2.20. The molecule has 1 aromatic carbocycles. The van der Waals surface area contributed by atoms with Crippen LogP contribution in [0.25, 0.3) is 5.65 Å². The van der Waals surface area contributed by atoms with Gasteiger partial charge in [-0.3, -0.25) is 14.9 Å². The van der Waals surface area contributed by atoms with Crippen LogP contribution in [0.1, 0.15) is 16.1 Å². The lowest BCUT2D eigenvalue weighted by Crippen LogP contribution is -2.13. The molecule has 0 fully saturated rings. The van der Waals surface area contributed by atoms with Crippen molar-refractivity contribution in [1.29, 1.82) is 0 Å². The van der Waals surface area contributed by atoms with E-state index in [2.05, 4.69) is 15.4 Å². The van der Waals surface area contributed by atoms with Crippen LogP contribution in [-0.4, -0.2) is 25.4 Å². The van der Waals surface area contributed by atoms with Crippen molar-refractivity contribution >= 4 is 22.9 Å². The number of carbonyl (C=O) groups excluding carboxylic acids is 1. The van der Waals surface area contributed by atoms with Gasteiger partial charge in [0.15, 0.2) is 11.3 Å². The highest BCUT2D eigenvalue weighted by Crippen LogP contribution is 2.21. The zero-order valence-corrected chi connectivity index (χ0v) is 11.6. The molecule has 0 saturated carbocycles. The van der Waals surface area contributed by atoms with E-state index in [9.17, 15) is 14.9 Å². The molecule has 0 unspecified atom stereocenters. The number of aromatic nitrogens is 3. The van der Waals surface area contributed by atoms with E-state index in [4.69, 9.17) is 0 Å². The van der Waals surface area contributed by atoms with Crippen LogP contribution in [0.5, 0.6) is 0 Å². The molecule has 1 amide bonds. The van der Waals surface area contributed by atoms with Crippen LogP contribution in [0.3, 0.4) is 0 Å². The minimum atomic E-state index is -0.480. The summed E-state index contributed by atoms with van der Waals surface area (Å²) in [4.78, 5) is 26.5. The molecule has 8 heteroatoms. The molecule has 0 aliphatic rings. The van der Waals surface area contributed by atoms with Crippen molar-refractivity contribution in [3.8, 4) is 0 Å². The van der Waals surface area contributed by atoms with E-state index in [1.807, 2.05) is 0 Å². The SMILES string of the molecule is Cc1cc([N+](=O)[O-])ccc1NC(=O)c1cc2ncccn2n1. The average Bonchev–Trinajstić information content (AvgIpc) is 2.93. The van der Waals surface area contributed by atoms with Gasteiger partial charge in [0, 0.05) is 36.3 Å². The van der Waals surface area contributed by atoms with Gasteiger partial charge in [0.05, 0.1) is 4.92 Å². The maximum absolute atomic E-state index is 12.2. The van der Waals surface area contributed by atoms with Gasteiger partial charge in [0.1, 0.15) is 0 Å². The quantitative estimate of drug-likeness (QED) is 0.589. The Morgan fingerprint density at radius 3 is 2.86 bits per heavy atom. The summed E-state index contributed by atoms with van der Waals surface area (Å²) in [6, 6.07) is 7.52. The summed E-state index contributed by atoms with van der Waals surface area (Å²) in [6.07, 6.45) is 3.30. The van der Waals surface area contributed by atoms with Gasteiger partial charge in [0.25, 0.3) is 11.6 Å². The van der Waals surface area contributed by atoms with Crippen molar-refractivity contribution in [2.45, 2.75) is 6.92 Å².